The lowest BCUT2D eigenvalue weighted by atomic mass is 10.0. The number of nitrogen functional groups attached to an aromatic ring is 1. The zero-order chi connectivity index (χ0) is 20.2. The molecule has 1 aliphatic rings. The van der Waals surface area contributed by atoms with Gasteiger partial charge in [-0.3, -0.25) is 14.8 Å². The van der Waals surface area contributed by atoms with Gasteiger partial charge in [0.05, 0.1) is 29.1 Å². The lowest BCUT2D eigenvalue weighted by Crippen LogP contribution is -2.43. The van der Waals surface area contributed by atoms with Crippen LogP contribution in [-0.4, -0.2) is 50.1 Å². The highest BCUT2D eigenvalue weighted by atomic mass is 16.1. The van der Waals surface area contributed by atoms with Crippen LogP contribution < -0.4 is 16.6 Å². The molecule has 1 saturated heterocycles. The molecule has 0 aliphatic carbocycles. The van der Waals surface area contributed by atoms with Gasteiger partial charge in [0.15, 0.2) is 0 Å². The highest BCUT2D eigenvalue weighted by Crippen LogP contribution is 2.13. The molecule has 3 aromatic rings. The van der Waals surface area contributed by atoms with Crippen LogP contribution in [0.15, 0.2) is 41.6 Å². The summed E-state index contributed by atoms with van der Waals surface area (Å²) in [6.45, 7) is 6.28. The number of nitrogens with one attached hydrogen (secondary N) is 1. The van der Waals surface area contributed by atoms with Crippen LogP contribution in [0.3, 0.4) is 0 Å². The van der Waals surface area contributed by atoms with Crippen molar-refractivity contribution < 1.29 is 0 Å². The Morgan fingerprint density at radius 1 is 1.10 bits per heavy atom. The van der Waals surface area contributed by atoms with E-state index in [0.717, 1.165) is 54.8 Å². The minimum absolute atomic E-state index is 0.0334. The Bertz CT molecular complexity index is 1020. The maximum Gasteiger partial charge on any atom is 0.251 e. The third-order valence-corrected chi connectivity index (χ3v) is 5.50. The molecule has 0 saturated carbocycles. The molecule has 29 heavy (non-hydrogen) atoms. The number of hydrogen-bond donors (Lipinski definition) is 2. The summed E-state index contributed by atoms with van der Waals surface area (Å²) in [5, 5.41) is 3.56. The van der Waals surface area contributed by atoms with Gasteiger partial charge in [-0.25, -0.2) is 4.98 Å². The summed E-state index contributed by atoms with van der Waals surface area (Å²) in [4.78, 5) is 27.6. The Balaban J connectivity index is 1.30. The molecule has 0 atom stereocenters. The van der Waals surface area contributed by atoms with E-state index >= 15 is 0 Å². The number of piperidine rings is 1. The minimum atomic E-state index is 0.0334. The van der Waals surface area contributed by atoms with Crippen LogP contribution in [0.5, 0.6) is 0 Å². The van der Waals surface area contributed by atoms with E-state index in [1.165, 1.54) is 0 Å². The lowest BCUT2D eigenvalue weighted by Gasteiger charge is -2.32. The van der Waals surface area contributed by atoms with E-state index in [0.29, 0.717) is 24.9 Å². The minimum Gasteiger partial charge on any atom is -0.382 e. The smallest absolute Gasteiger partial charge is 0.251 e. The second-order valence-electron chi connectivity index (χ2n) is 7.67. The SMILES string of the molecule is Cc1cnc2ccc(=O)n(CCN3CCC(NCc4cnc(N)cn4)CC3)c2c1. The van der Waals surface area contributed by atoms with Crippen LogP contribution >= 0.6 is 0 Å². The topological polar surface area (TPSA) is 102 Å². The number of aromatic nitrogens is 4. The molecule has 8 heteroatoms. The van der Waals surface area contributed by atoms with Crippen LogP contribution in [-0.2, 0) is 13.1 Å². The normalized spacial score (nSPS) is 15.8. The van der Waals surface area contributed by atoms with E-state index in [-0.39, 0.29) is 5.56 Å². The number of anilines is 1. The first-order valence-electron chi connectivity index (χ1n) is 10.1. The lowest BCUT2D eigenvalue weighted by molar-refractivity contribution is 0.191. The monoisotopic (exact) mass is 393 g/mol. The first-order chi connectivity index (χ1) is 14.1. The number of nitrogens with zero attached hydrogens (tertiary/aromatic N) is 5. The van der Waals surface area contributed by atoms with Gasteiger partial charge in [0.1, 0.15) is 5.82 Å². The molecule has 4 heterocycles. The predicted octanol–water partition coefficient (Wildman–Crippen LogP) is 1.33. The quantitative estimate of drug-likeness (QED) is 0.651. The van der Waals surface area contributed by atoms with Crippen molar-refractivity contribution in [2.45, 2.75) is 38.9 Å². The summed E-state index contributed by atoms with van der Waals surface area (Å²) in [6, 6.07) is 5.93. The molecule has 152 valence electrons. The Hall–Kier alpha value is -2.84. The van der Waals surface area contributed by atoms with Gasteiger partial charge in [-0.05, 0) is 50.6 Å². The fourth-order valence-electron chi connectivity index (χ4n) is 3.81. The first-order valence-corrected chi connectivity index (χ1v) is 10.1. The standard InChI is InChI=1S/C21H27N7O/c1-15-10-19-18(25-11-15)2-3-21(29)28(19)9-8-27-6-4-16(5-7-27)23-12-17-13-26-20(22)14-24-17/h2-3,10-11,13-14,16,23H,4-9,12H2,1H3,(H2,22,26). The molecule has 0 aromatic carbocycles. The number of aryl methyl sites for hydroxylation is 1. The second kappa shape index (κ2) is 8.67. The Morgan fingerprint density at radius 2 is 1.93 bits per heavy atom. The van der Waals surface area contributed by atoms with Gasteiger partial charge in [-0.2, -0.15) is 0 Å². The van der Waals surface area contributed by atoms with Crippen LogP contribution in [0.4, 0.5) is 5.82 Å². The molecule has 4 rings (SSSR count). The Morgan fingerprint density at radius 3 is 2.69 bits per heavy atom. The van der Waals surface area contributed by atoms with Crippen molar-refractivity contribution in [3.8, 4) is 0 Å². The van der Waals surface area contributed by atoms with Crippen LogP contribution in [0.1, 0.15) is 24.1 Å². The number of likely N-dealkylation sites (tertiary alicyclic amines) is 1. The van der Waals surface area contributed by atoms with E-state index in [9.17, 15) is 4.79 Å². The molecule has 3 aromatic heterocycles. The third kappa shape index (κ3) is 4.78. The van der Waals surface area contributed by atoms with Gasteiger partial charge in [0, 0.05) is 37.9 Å². The molecule has 3 N–H and O–H groups in total. The van der Waals surface area contributed by atoms with Gasteiger partial charge in [-0.15, -0.1) is 0 Å². The predicted molar refractivity (Wildman–Crippen MR) is 113 cm³/mol. The van der Waals surface area contributed by atoms with Crippen molar-refractivity contribution in [3.63, 3.8) is 0 Å². The van der Waals surface area contributed by atoms with Crippen molar-refractivity contribution in [2.75, 3.05) is 25.4 Å². The number of fused-ring (bicyclic) bond motifs is 1. The van der Waals surface area contributed by atoms with Crippen LogP contribution in [0.2, 0.25) is 0 Å². The van der Waals surface area contributed by atoms with Gasteiger partial charge in [0.25, 0.3) is 5.56 Å². The summed E-state index contributed by atoms with van der Waals surface area (Å²) in [5.41, 5.74) is 9.36. The van der Waals surface area contributed by atoms with Crippen LogP contribution in [0.25, 0.3) is 11.0 Å². The van der Waals surface area contributed by atoms with E-state index in [1.807, 2.05) is 23.8 Å². The molecule has 0 spiro atoms. The van der Waals surface area contributed by atoms with Crippen molar-refractivity contribution in [1.29, 1.82) is 0 Å². The Kier molecular flexibility index (Phi) is 5.82. The van der Waals surface area contributed by atoms with E-state index in [1.54, 1.807) is 24.5 Å². The van der Waals surface area contributed by atoms with E-state index < -0.39 is 0 Å². The van der Waals surface area contributed by atoms with Crippen molar-refractivity contribution >= 4 is 16.9 Å². The summed E-state index contributed by atoms with van der Waals surface area (Å²) in [7, 11) is 0. The summed E-state index contributed by atoms with van der Waals surface area (Å²) < 4.78 is 1.85. The average molecular weight is 393 g/mol. The maximum atomic E-state index is 12.4. The van der Waals surface area contributed by atoms with Gasteiger partial charge in [0.2, 0.25) is 0 Å². The second-order valence-corrected chi connectivity index (χ2v) is 7.67. The highest BCUT2D eigenvalue weighted by Gasteiger charge is 2.19. The summed E-state index contributed by atoms with van der Waals surface area (Å²) in [5.74, 6) is 0.443. The van der Waals surface area contributed by atoms with Crippen molar-refractivity contribution in [3.05, 3.63) is 58.4 Å². The highest BCUT2D eigenvalue weighted by molar-refractivity contribution is 5.74. The summed E-state index contributed by atoms with van der Waals surface area (Å²) in [6.07, 6.45) is 7.30. The average Bonchev–Trinajstić information content (AvgIpc) is 2.73. The number of hydrogen-bond acceptors (Lipinski definition) is 7. The van der Waals surface area contributed by atoms with Crippen molar-refractivity contribution in [2.24, 2.45) is 0 Å². The molecule has 0 bridgehead atoms. The molecule has 0 amide bonds. The Labute approximate surface area is 169 Å². The third-order valence-electron chi connectivity index (χ3n) is 5.50. The number of rotatable bonds is 6. The zero-order valence-corrected chi connectivity index (χ0v) is 16.7. The van der Waals surface area contributed by atoms with E-state index in [2.05, 4.69) is 25.2 Å². The first kappa shape index (κ1) is 19.5. The molecule has 0 unspecified atom stereocenters. The molecule has 1 fully saturated rings. The maximum absolute atomic E-state index is 12.4. The molecular formula is C21H27N7O. The van der Waals surface area contributed by atoms with Crippen LogP contribution in [0, 0.1) is 6.92 Å². The number of nitrogens with two attached hydrogens (primary N) is 1. The molecule has 0 radical (unpaired) electrons. The largest absolute Gasteiger partial charge is 0.382 e. The van der Waals surface area contributed by atoms with E-state index in [4.69, 9.17) is 5.73 Å². The fourth-order valence-corrected chi connectivity index (χ4v) is 3.81. The van der Waals surface area contributed by atoms with Gasteiger partial charge >= 0.3 is 0 Å². The van der Waals surface area contributed by atoms with Crippen molar-refractivity contribution in [1.82, 2.24) is 29.7 Å². The van der Waals surface area contributed by atoms with Gasteiger partial charge < -0.3 is 20.5 Å². The molecule has 8 nitrogen and oxygen atoms in total. The summed E-state index contributed by atoms with van der Waals surface area (Å²) >= 11 is 0. The zero-order valence-electron chi connectivity index (χ0n) is 16.7. The number of pyridine rings is 2. The van der Waals surface area contributed by atoms with Gasteiger partial charge in [-0.1, -0.05) is 0 Å². The fraction of sp³-hybridized carbons (Fsp3) is 0.429. The molecule has 1 aliphatic heterocycles. The molecular weight excluding hydrogens is 366 g/mol.